The molecule has 1 aromatic heterocycles. The number of hydrogen-bond acceptors (Lipinski definition) is 5. The summed E-state index contributed by atoms with van der Waals surface area (Å²) in [6.07, 6.45) is 8.58. The Kier molecular flexibility index (Phi) is 6.71. The van der Waals surface area contributed by atoms with Crippen molar-refractivity contribution < 1.29 is 4.79 Å². The van der Waals surface area contributed by atoms with E-state index in [1.54, 1.807) is 12.4 Å². The van der Waals surface area contributed by atoms with Crippen molar-refractivity contribution in [3.63, 3.8) is 0 Å². The van der Waals surface area contributed by atoms with Gasteiger partial charge in [-0.3, -0.25) is 4.79 Å². The minimum Gasteiger partial charge on any atom is -0.372 e. The predicted molar refractivity (Wildman–Crippen MR) is 107 cm³/mol. The zero-order valence-electron chi connectivity index (χ0n) is 14.9. The van der Waals surface area contributed by atoms with Crippen molar-refractivity contribution >= 4 is 29.0 Å². The average molecular weight is 372 g/mol. The van der Waals surface area contributed by atoms with E-state index in [-0.39, 0.29) is 5.91 Å². The summed E-state index contributed by atoms with van der Waals surface area (Å²) in [7, 11) is 0. The van der Waals surface area contributed by atoms with Gasteiger partial charge in [0.2, 0.25) is 5.91 Å². The van der Waals surface area contributed by atoms with Crippen LogP contribution in [0.1, 0.15) is 25.7 Å². The highest BCUT2D eigenvalue weighted by molar-refractivity contribution is 7.99. The number of rotatable bonds is 7. The summed E-state index contributed by atoms with van der Waals surface area (Å²) in [5.41, 5.74) is 2.05. The molecule has 1 aliphatic rings. The van der Waals surface area contributed by atoms with E-state index in [1.165, 1.54) is 43.1 Å². The average Bonchev–Trinajstić information content (AvgIpc) is 2.91. The SMILES string of the molecule is C=CCn1cnnc1SCC(=O)Nc1ccc(N2CCCCCC2)cc1. The molecule has 7 heteroatoms. The molecule has 2 aromatic rings. The number of allylic oxidation sites excluding steroid dienone is 1. The van der Waals surface area contributed by atoms with Crippen molar-refractivity contribution in [1.29, 1.82) is 0 Å². The monoisotopic (exact) mass is 371 g/mol. The van der Waals surface area contributed by atoms with Gasteiger partial charge in [-0.25, -0.2) is 0 Å². The Bertz CT molecular complexity index is 720. The number of nitrogens with one attached hydrogen (secondary N) is 1. The Morgan fingerprint density at radius 3 is 2.62 bits per heavy atom. The Balaban J connectivity index is 1.51. The molecule has 0 bridgehead atoms. The molecular weight excluding hydrogens is 346 g/mol. The second-order valence-electron chi connectivity index (χ2n) is 6.34. The topological polar surface area (TPSA) is 63.1 Å². The number of hydrogen-bond donors (Lipinski definition) is 1. The third-order valence-electron chi connectivity index (χ3n) is 4.36. The van der Waals surface area contributed by atoms with Crippen molar-refractivity contribution in [2.45, 2.75) is 37.4 Å². The van der Waals surface area contributed by atoms with Gasteiger partial charge in [-0.05, 0) is 37.1 Å². The molecule has 26 heavy (non-hydrogen) atoms. The first kappa shape index (κ1) is 18.5. The highest BCUT2D eigenvalue weighted by Crippen LogP contribution is 2.22. The fourth-order valence-electron chi connectivity index (χ4n) is 3.03. The lowest BCUT2D eigenvalue weighted by atomic mass is 10.2. The molecule has 1 fully saturated rings. The van der Waals surface area contributed by atoms with E-state index in [1.807, 2.05) is 16.7 Å². The number of amides is 1. The lowest BCUT2D eigenvalue weighted by Crippen LogP contribution is -2.23. The fourth-order valence-corrected chi connectivity index (χ4v) is 3.76. The summed E-state index contributed by atoms with van der Waals surface area (Å²) >= 11 is 1.37. The minimum absolute atomic E-state index is 0.0503. The van der Waals surface area contributed by atoms with Crippen molar-refractivity contribution in [3.8, 4) is 0 Å². The van der Waals surface area contributed by atoms with Crippen LogP contribution in [0.25, 0.3) is 0 Å². The molecule has 138 valence electrons. The van der Waals surface area contributed by atoms with Crippen LogP contribution in [0.15, 0.2) is 48.4 Å². The molecule has 0 aliphatic carbocycles. The molecular formula is C19H25N5OS. The molecule has 1 aliphatic heterocycles. The molecule has 1 aromatic carbocycles. The van der Waals surface area contributed by atoms with Crippen LogP contribution in [0.5, 0.6) is 0 Å². The summed E-state index contributed by atoms with van der Waals surface area (Å²) in [6, 6.07) is 8.13. The normalized spacial score (nSPS) is 14.7. The van der Waals surface area contributed by atoms with Crippen LogP contribution in [0.2, 0.25) is 0 Å². The Hall–Kier alpha value is -2.28. The van der Waals surface area contributed by atoms with Crippen molar-refractivity contribution in [3.05, 3.63) is 43.2 Å². The highest BCUT2D eigenvalue weighted by Gasteiger charge is 2.11. The largest absolute Gasteiger partial charge is 0.372 e. The number of benzene rings is 1. The summed E-state index contributed by atoms with van der Waals surface area (Å²) in [6.45, 7) is 6.58. The lowest BCUT2D eigenvalue weighted by Gasteiger charge is -2.22. The fraction of sp³-hybridized carbons (Fsp3) is 0.421. The van der Waals surface area contributed by atoms with Gasteiger partial charge in [-0.1, -0.05) is 30.7 Å². The van der Waals surface area contributed by atoms with Crippen molar-refractivity contribution in [2.24, 2.45) is 0 Å². The van der Waals surface area contributed by atoms with Crippen LogP contribution in [0.4, 0.5) is 11.4 Å². The summed E-state index contributed by atoms with van der Waals surface area (Å²) in [5, 5.41) is 11.6. The first-order chi connectivity index (χ1) is 12.8. The molecule has 6 nitrogen and oxygen atoms in total. The summed E-state index contributed by atoms with van der Waals surface area (Å²) in [4.78, 5) is 14.6. The summed E-state index contributed by atoms with van der Waals surface area (Å²) < 4.78 is 1.86. The minimum atomic E-state index is -0.0503. The second-order valence-corrected chi connectivity index (χ2v) is 7.28. The first-order valence-electron chi connectivity index (χ1n) is 9.02. The Morgan fingerprint density at radius 1 is 1.19 bits per heavy atom. The van der Waals surface area contributed by atoms with Crippen LogP contribution in [-0.4, -0.2) is 39.5 Å². The second kappa shape index (κ2) is 9.43. The van der Waals surface area contributed by atoms with Gasteiger partial charge in [0.25, 0.3) is 0 Å². The molecule has 1 amide bonds. The van der Waals surface area contributed by atoms with Crippen LogP contribution in [0, 0.1) is 0 Å². The van der Waals surface area contributed by atoms with E-state index in [9.17, 15) is 4.79 Å². The first-order valence-corrected chi connectivity index (χ1v) is 10.0. The quantitative estimate of drug-likeness (QED) is 0.595. The van der Waals surface area contributed by atoms with Crippen molar-refractivity contribution in [2.75, 3.05) is 29.1 Å². The number of carbonyl (C=O) groups excluding carboxylic acids is 1. The molecule has 1 N–H and O–H groups in total. The van der Waals surface area contributed by atoms with Gasteiger partial charge in [0.05, 0.1) is 5.75 Å². The smallest absolute Gasteiger partial charge is 0.234 e. The Labute approximate surface area is 158 Å². The van der Waals surface area contributed by atoms with E-state index >= 15 is 0 Å². The predicted octanol–water partition coefficient (Wildman–Crippen LogP) is 3.58. The lowest BCUT2D eigenvalue weighted by molar-refractivity contribution is -0.113. The molecule has 0 radical (unpaired) electrons. The number of aromatic nitrogens is 3. The molecule has 2 heterocycles. The zero-order chi connectivity index (χ0) is 18.2. The molecule has 0 spiro atoms. The zero-order valence-corrected chi connectivity index (χ0v) is 15.7. The highest BCUT2D eigenvalue weighted by atomic mass is 32.2. The van der Waals surface area contributed by atoms with Crippen LogP contribution < -0.4 is 10.2 Å². The van der Waals surface area contributed by atoms with Crippen molar-refractivity contribution in [1.82, 2.24) is 14.8 Å². The molecule has 0 saturated carbocycles. The van der Waals surface area contributed by atoms with E-state index in [0.29, 0.717) is 12.3 Å². The number of nitrogens with zero attached hydrogens (tertiary/aromatic N) is 4. The Morgan fingerprint density at radius 2 is 1.92 bits per heavy atom. The van der Waals surface area contributed by atoms with E-state index < -0.39 is 0 Å². The molecule has 3 rings (SSSR count). The van der Waals surface area contributed by atoms with Gasteiger partial charge in [-0.15, -0.1) is 16.8 Å². The molecule has 0 atom stereocenters. The van der Waals surface area contributed by atoms with Crippen LogP contribution in [0.3, 0.4) is 0 Å². The maximum absolute atomic E-state index is 12.2. The van der Waals surface area contributed by atoms with Crippen LogP contribution >= 0.6 is 11.8 Å². The third kappa shape index (κ3) is 5.11. The standard InChI is InChI=1S/C19H25N5OS/c1-2-11-24-15-20-22-19(24)26-14-18(25)21-16-7-9-17(10-8-16)23-12-5-3-4-6-13-23/h2,7-10,15H,1,3-6,11-14H2,(H,21,25). The number of thioether (sulfide) groups is 1. The molecule has 0 unspecified atom stereocenters. The van der Waals surface area contributed by atoms with Gasteiger partial charge < -0.3 is 14.8 Å². The van der Waals surface area contributed by atoms with E-state index in [2.05, 4.69) is 39.1 Å². The maximum Gasteiger partial charge on any atom is 0.234 e. The number of carbonyl (C=O) groups is 1. The third-order valence-corrected chi connectivity index (χ3v) is 5.34. The summed E-state index contributed by atoms with van der Waals surface area (Å²) in [5.74, 6) is 0.245. The maximum atomic E-state index is 12.2. The van der Waals surface area contributed by atoms with Gasteiger partial charge in [-0.2, -0.15) is 0 Å². The van der Waals surface area contributed by atoms with Crippen LogP contribution in [-0.2, 0) is 11.3 Å². The van der Waals surface area contributed by atoms with E-state index in [4.69, 9.17) is 0 Å². The number of anilines is 2. The van der Waals surface area contributed by atoms with E-state index in [0.717, 1.165) is 23.9 Å². The van der Waals surface area contributed by atoms with Gasteiger partial charge in [0.1, 0.15) is 6.33 Å². The van der Waals surface area contributed by atoms with Gasteiger partial charge in [0, 0.05) is 31.0 Å². The molecule has 1 saturated heterocycles. The van der Waals surface area contributed by atoms with Gasteiger partial charge >= 0.3 is 0 Å². The van der Waals surface area contributed by atoms with Gasteiger partial charge in [0.15, 0.2) is 5.16 Å².